The van der Waals surface area contributed by atoms with Crippen LogP contribution in [0.15, 0.2) is 95.7 Å². The van der Waals surface area contributed by atoms with Gasteiger partial charge in [-0.05, 0) is 47.4 Å². The average Bonchev–Trinajstić information content (AvgIpc) is 3.23. The van der Waals surface area contributed by atoms with E-state index in [0.717, 1.165) is 38.6 Å². The van der Waals surface area contributed by atoms with Crippen molar-refractivity contribution in [3.63, 3.8) is 0 Å². The summed E-state index contributed by atoms with van der Waals surface area (Å²) in [6.45, 7) is 1.97. The molecule has 0 aliphatic carbocycles. The first-order valence-corrected chi connectivity index (χ1v) is 11.3. The number of hydrogen-bond acceptors (Lipinski definition) is 2. The largest absolute Gasteiger partial charge is 0.454 e. The summed E-state index contributed by atoms with van der Waals surface area (Å²) in [6, 6.07) is 25.0. The zero-order valence-electron chi connectivity index (χ0n) is 19.2. The van der Waals surface area contributed by atoms with Crippen molar-refractivity contribution in [2.75, 3.05) is 0 Å². The van der Waals surface area contributed by atoms with Crippen LogP contribution in [0.1, 0.15) is 5.56 Å². The molecule has 0 atom stereocenters. The van der Waals surface area contributed by atoms with Crippen LogP contribution in [0.2, 0.25) is 0 Å². The lowest BCUT2D eigenvalue weighted by Gasteiger charge is -2.08. The Balaban J connectivity index is 1.63. The van der Waals surface area contributed by atoms with E-state index in [9.17, 15) is 4.39 Å². The summed E-state index contributed by atoms with van der Waals surface area (Å²) in [4.78, 5) is 3.85. The fraction of sp³-hybridized carbons (Fsp3) is 0.0667. The van der Waals surface area contributed by atoms with Crippen molar-refractivity contribution < 1.29 is 17.8 Å². The molecule has 0 bridgehead atoms. The summed E-state index contributed by atoms with van der Waals surface area (Å²) >= 11 is 0. The zero-order chi connectivity index (χ0) is 24.1. The first kappa shape index (κ1) is 21.2. The van der Waals surface area contributed by atoms with Crippen LogP contribution in [0.3, 0.4) is 0 Å². The van der Waals surface area contributed by atoms with Gasteiger partial charge in [-0.15, -0.1) is 0 Å². The fourth-order valence-corrected chi connectivity index (χ4v) is 4.77. The van der Waals surface area contributed by atoms with Gasteiger partial charge >= 0.3 is 0 Å². The molecule has 0 saturated carbocycles. The summed E-state index contributed by atoms with van der Waals surface area (Å²) in [6.07, 6.45) is 2.82. The maximum Gasteiger partial charge on any atom is 0.277 e. The van der Waals surface area contributed by atoms with E-state index in [0.29, 0.717) is 22.4 Å². The number of hydrogen-bond donors (Lipinski definition) is 0. The van der Waals surface area contributed by atoms with Crippen molar-refractivity contribution in [1.82, 2.24) is 4.98 Å². The van der Waals surface area contributed by atoms with Gasteiger partial charge in [0.25, 0.3) is 5.95 Å². The van der Waals surface area contributed by atoms with Crippen LogP contribution in [0.4, 0.5) is 8.78 Å². The molecular weight excluding hydrogens is 442 g/mol. The van der Waals surface area contributed by atoms with E-state index in [4.69, 9.17) is 4.42 Å². The van der Waals surface area contributed by atoms with Gasteiger partial charge in [-0.1, -0.05) is 60.7 Å². The predicted octanol–water partition coefficient (Wildman–Crippen LogP) is 7.39. The molecular formula is C30H21F2N2O+. The van der Waals surface area contributed by atoms with Crippen LogP contribution >= 0.6 is 0 Å². The van der Waals surface area contributed by atoms with Crippen molar-refractivity contribution in [3.05, 3.63) is 109 Å². The number of benzene rings is 4. The van der Waals surface area contributed by atoms with Gasteiger partial charge in [0.15, 0.2) is 0 Å². The molecule has 0 aliphatic rings. The molecule has 0 spiro atoms. The number of halogens is 2. The Kier molecular flexibility index (Phi) is 4.92. The molecule has 0 aliphatic heterocycles. The van der Waals surface area contributed by atoms with Gasteiger partial charge in [0, 0.05) is 10.8 Å². The maximum atomic E-state index is 15.4. The van der Waals surface area contributed by atoms with Crippen LogP contribution < -0.4 is 4.57 Å². The minimum atomic E-state index is -0.562. The first-order valence-electron chi connectivity index (χ1n) is 11.3. The number of aromatic nitrogens is 2. The van der Waals surface area contributed by atoms with Crippen LogP contribution in [0, 0.1) is 18.7 Å². The molecule has 2 heterocycles. The second kappa shape index (κ2) is 8.13. The van der Waals surface area contributed by atoms with Gasteiger partial charge in [-0.25, -0.2) is 9.37 Å². The summed E-state index contributed by atoms with van der Waals surface area (Å²) in [7, 11) is 1.77. The number of fused-ring (bicyclic) bond motifs is 3. The summed E-state index contributed by atoms with van der Waals surface area (Å²) < 4.78 is 37.2. The number of aryl methyl sites for hydroxylation is 2. The van der Waals surface area contributed by atoms with E-state index < -0.39 is 5.95 Å². The third-order valence-electron chi connectivity index (χ3n) is 6.47. The van der Waals surface area contributed by atoms with E-state index in [2.05, 4.69) is 4.98 Å². The number of furan rings is 1. The Morgan fingerprint density at radius 1 is 0.743 bits per heavy atom. The standard InChI is InChI=1S/C30H21F2N2O/c1-18-11-12-22-23-13-14-24(31)28(21-10-6-9-20(15-21)19-7-4-3-5-8-19)30(23)35-29(22)27(18)25-16-33-26(32)17-34(25)2/h3-17H,1-2H3/q+1. The summed E-state index contributed by atoms with van der Waals surface area (Å²) in [5.41, 5.74) is 6.78. The average molecular weight is 464 g/mol. The quantitative estimate of drug-likeness (QED) is 0.256. The monoisotopic (exact) mass is 463 g/mol. The minimum Gasteiger partial charge on any atom is -0.454 e. The Labute approximate surface area is 200 Å². The molecule has 0 radical (unpaired) electrons. The van der Waals surface area contributed by atoms with Crippen molar-refractivity contribution in [3.8, 4) is 33.5 Å². The predicted molar refractivity (Wildman–Crippen MR) is 134 cm³/mol. The lowest BCUT2D eigenvalue weighted by molar-refractivity contribution is -0.662. The highest BCUT2D eigenvalue weighted by molar-refractivity contribution is 6.13. The molecule has 0 fully saturated rings. The molecule has 6 aromatic rings. The van der Waals surface area contributed by atoms with Crippen LogP contribution in [-0.4, -0.2) is 4.98 Å². The number of rotatable bonds is 3. The highest BCUT2D eigenvalue weighted by atomic mass is 19.1. The van der Waals surface area contributed by atoms with Crippen LogP contribution in [0.5, 0.6) is 0 Å². The Bertz CT molecular complexity index is 1740. The molecule has 35 heavy (non-hydrogen) atoms. The molecule has 5 heteroatoms. The molecule has 3 nitrogen and oxygen atoms in total. The van der Waals surface area contributed by atoms with Gasteiger partial charge in [-0.3, -0.25) is 0 Å². The zero-order valence-corrected chi connectivity index (χ0v) is 19.2. The van der Waals surface area contributed by atoms with Gasteiger partial charge < -0.3 is 4.42 Å². The fourth-order valence-electron chi connectivity index (χ4n) is 4.77. The van der Waals surface area contributed by atoms with E-state index in [1.165, 1.54) is 18.5 Å². The lowest BCUT2D eigenvalue weighted by Crippen LogP contribution is -2.32. The van der Waals surface area contributed by atoms with Crippen LogP contribution in [0.25, 0.3) is 55.4 Å². The summed E-state index contributed by atoms with van der Waals surface area (Å²) in [5.74, 6) is -0.914. The SMILES string of the molecule is Cc1ccc2c(oc3c(-c4cccc(-c5ccccc5)c4)c(F)ccc32)c1-c1cnc(F)c[n+]1C. The van der Waals surface area contributed by atoms with Gasteiger partial charge in [0.2, 0.25) is 11.9 Å². The van der Waals surface area contributed by atoms with Crippen LogP contribution in [-0.2, 0) is 7.05 Å². The topological polar surface area (TPSA) is 29.9 Å². The molecule has 6 rings (SSSR count). The van der Waals surface area contributed by atoms with Crippen molar-refractivity contribution in [2.45, 2.75) is 6.92 Å². The van der Waals surface area contributed by atoms with Crippen molar-refractivity contribution in [2.24, 2.45) is 7.05 Å². The molecule has 2 aromatic heterocycles. The van der Waals surface area contributed by atoms with E-state index in [1.54, 1.807) is 17.7 Å². The second-order valence-corrected chi connectivity index (χ2v) is 8.69. The molecule has 170 valence electrons. The second-order valence-electron chi connectivity index (χ2n) is 8.69. The normalized spacial score (nSPS) is 11.4. The minimum absolute atomic E-state index is 0.353. The molecule has 0 saturated heterocycles. The highest BCUT2D eigenvalue weighted by Gasteiger charge is 2.24. The highest BCUT2D eigenvalue weighted by Crippen LogP contribution is 2.42. The first-order chi connectivity index (χ1) is 17.0. The third-order valence-corrected chi connectivity index (χ3v) is 6.47. The number of nitrogens with zero attached hydrogens (tertiary/aromatic N) is 2. The third kappa shape index (κ3) is 3.48. The Morgan fingerprint density at radius 3 is 2.20 bits per heavy atom. The van der Waals surface area contributed by atoms with E-state index in [1.807, 2.05) is 73.7 Å². The smallest absolute Gasteiger partial charge is 0.277 e. The molecule has 4 aromatic carbocycles. The maximum absolute atomic E-state index is 15.4. The lowest BCUT2D eigenvalue weighted by atomic mass is 9.96. The molecule has 0 N–H and O–H groups in total. The van der Waals surface area contributed by atoms with Crippen molar-refractivity contribution >= 4 is 21.9 Å². The van der Waals surface area contributed by atoms with E-state index >= 15 is 4.39 Å². The Morgan fingerprint density at radius 2 is 1.43 bits per heavy atom. The molecule has 0 amide bonds. The molecule has 0 unspecified atom stereocenters. The van der Waals surface area contributed by atoms with Gasteiger partial charge in [-0.2, -0.15) is 8.96 Å². The summed E-state index contributed by atoms with van der Waals surface area (Å²) in [5, 5.41) is 1.69. The van der Waals surface area contributed by atoms with Crippen molar-refractivity contribution in [1.29, 1.82) is 0 Å². The van der Waals surface area contributed by atoms with Gasteiger partial charge in [0.1, 0.15) is 30.2 Å². The van der Waals surface area contributed by atoms with Gasteiger partial charge in [0.05, 0.1) is 11.1 Å². The Hall–Kier alpha value is -4.38. The van der Waals surface area contributed by atoms with E-state index in [-0.39, 0.29) is 5.82 Å².